The highest BCUT2D eigenvalue weighted by Crippen LogP contribution is 2.44. The van der Waals surface area contributed by atoms with Crippen molar-refractivity contribution in [2.24, 2.45) is 11.3 Å². The number of hydrogen-bond acceptors (Lipinski definition) is 4. The summed E-state index contributed by atoms with van der Waals surface area (Å²) < 4.78 is 41.7. The van der Waals surface area contributed by atoms with E-state index in [-0.39, 0.29) is 34.4 Å². The van der Waals surface area contributed by atoms with Crippen LogP contribution in [0.4, 0.5) is 8.78 Å². The van der Waals surface area contributed by atoms with Gasteiger partial charge in [-0.2, -0.15) is 0 Å². The number of hydrogen-bond donors (Lipinski definition) is 2. The summed E-state index contributed by atoms with van der Waals surface area (Å²) >= 11 is 0. The third-order valence-electron chi connectivity index (χ3n) is 10.7. The molecule has 0 unspecified atom stereocenters. The molecule has 0 aliphatic heterocycles. The van der Waals surface area contributed by atoms with E-state index in [1.165, 1.54) is 36.3 Å². The Morgan fingerprint density at radius 3 is 1.53 bits per heavy atom. The van der Waals surface area contributed by atoms with E-state index in [2.05, 4.69) is 107 Å². The molecule has 346 valence electrons. The topological polar surface area (TPSA) is 58.9 Å². The van der Waals surface area contributed by atoms with E-state index in [0.29, 0.717) is 57.9 Å². The maximum absolute atomic E-state index is 15.3. The number of ether oxygens (including phenoxy) is 2. The van der Waals surface area contributed by atoms with E-state index in [0.717, 1.165) is 29.0 Å². The molecule has 0 atom stereocenters. The summed E-state index contributed by atoms with van der Waals surface area (Å²) in [6, 6.07) is 26.0. The number of aromatic hydroxyl groups is 2. The molecule has 0 saturated carbocycles. The molecule has 5 rings (SSSR count). The van der Waals surface area contributed by atoms with Gasteiger partial charge in [0.1, 0.15) is 34.6 Å². The second-order valence-electron chi connectivity index (χ2n) is 19.7. The van der Waals surface area contributed by atoms with Crippen LogP contribution in [-0.4, -0.2) is 23.4 Å². The predicted octanol–water partition coefficient (Wildman–Crippen LogP) is 17.1. The molecule has 64 heavy (non-hydrogen) atoms. The Kier molecular flexibility index (Phi) is 19.5. The largest absolute Gasteiger partial charge is 0.507 e. The zero-order chi connectivity index (χ0) is 48.0. The monoisotopic (exact) mass is 875 g/mol. The molecule has 5 aromatic carbocycles. The van der Waals surface area contributed by atoms with Crippen molar-refractivity contribution in [2.45, 2.75) is 134 Å². The first-order valence-corrected chi connectivity index (χ1v) is 23.0. The molecule has 0 saturated heterocycles. The van der Waals surface area contributed by atoms with Gasteiger partial charge >= 0.3 is 0 Å². The average molecular weight is 875 g/mol. The fourth-order valence-corrected chi connectivity index (χ4v) is 6.90. The Bertz CT molecular complexity index is 2300. The fraction of sp³-hybridized carbons (Fsp3) is 0.414. The van der Waals surface area contributed by atoms with Crippen molar-refractivity contribution < 1.29 is 28.5 Å². The molecule has 5 aromatic rings. The molecule has 0 amide bonds. The molecule has 2 N–H and O–H groups in total. The normalized spacial score (nSPS) is 12.1. The molecule has 0 heterocycles. The number of halogens is 2. The van der Waals surface area contributed by atoms with Gasteiger partial charge in [0.25, 0.3) is 0 Å². The summed E-state index contributed by atoms with van der Waals surface area (Å²) in [7, 11) is 0. The average Bonchev–Trinajstić information content (AvgIpc) is 3.22. The highest BCUT2D eigenvalue weighted by molar-refractivity contribution is 5.85. The minimum atomic E-state index is -0.460. The summed E-state index contributed by atoms with van der Waals surface area (Å²) in [5, 5.41) is 22.2. The van der Waals surface area contributed by atoms with Gasteiger partial charge in [-0.3, -0.25) is 0 Å². The minimum Gasteiger partial charge on any atom is -0.507 e. The molecular formula is C58H76F2O4. The summed E-state index contributed by atoms with van der Waals surface area (Å²) in [5.74, 6) is 0.859. The minimum absolute atomic E-state index is 0.00713. The van der Waals surface area contributed by atoms with E-state index >= 15 is 4.39 Å². The predicted molar refractivity (Wildman–Crippen MR) is 268 cm³/mol. The van der Waals surface area contributed by atoms with Gasteiger partial charge in [0.05, 0.1) is 13.2 Å². The second-order valence-corrected chi connectivity index (χ2v) is 19.7. The molecule has 0 aliphatic carbocycles. The molecule has 4 nitrogen and oxygen atoms in total. The smallest absolute Gasteiger partial charge is 0.131 e. The second kappa shape index (κ2) is 23.5. The van der Waals surface area contributed by atoms with Crippen molar-refractivity contribution >= 4 is 0 Å². The maximum Gasteiger partial charge on any atom is 0.131 e. The number of aryl methyl sites for hydroxylation is 1. The number of phenols is 2. The van der Waals surface area contributed by atoms with Crippen molar-refractivity contribution in [1.82, 2.24) is 0 Å². The first-order chi connectivity index (χ1) is 30.0. The van der Waals surface area contributed by atoms with Crippen molar-refractivity contribution in [1.29, 1.82) is 0 Å². The van der Waals surface area contributed by atoms with Crippen LogP contribution in [0.2, 0.25) is 0 Å². The number of rotatable bonds is 13. The molecule has 0 aliphatic rings. The van der Waals surface area contributed by atoms with Crippen molar-refractivity contribution in [3.8, 4) is 56.4 Å². The SMILES string of the molecule is CC.CC/C=C\C(=C/CC(C)C)C(C)(C)C.Cc1cc(F)cc(-c2ccccc2OCCCOc2ccccc2-c2cc(F)cc(-c3cc(C(C)(C)C)cc(C(C)(C)C)c3)c2O)c1O. The summed E-state index contributed by atoms with van der Waals surface area (Å²) in [6.45, 7) is 32.6. The van der Waals surface area contributed by atoms with Crippen LogP contribution in [0.5, 0.6) is 23.0 Å². The Labute approximate surface area is 385 Å². The van der Waals surface area contributed by atoms with Gasteiger partial charge in [-0.25, -0.2) is 8.78 Å². The van der Waals surface area contributed by atoms with Crippen LogP contribution >= 0.6 is 0 Å². The number of phenolic OH excluding ortho intramolecular Hbond substituents is 2. The standard InChI is InChI=1S/C42H44F2O4.C14H26.C2H6/c1-26-19-30(43)24-35(39(26)45)32-13-8-10-15-37(32)47-17-12-18-48-38-16-11-9-14-33(38)36-25-31(44)23-34(40(36)46)27-20-28(41(2,3)4)22-29(21-27)42(5,6)7;1-7-8-9-13(14(4,5)6)11-10-12(2)3;1-2/h8-11,13-16,19-25,45-46H,12,17-18H2,1-7H3;8-9,11-12H,7,10H2,1-6H3;1-2H3/b;9-8-,13-11+;. The molecule has 0 radical (unpaired) electrons. The van der Waals surface area contributed by atoms with Gasteiger partial charge in [-0.15, -0.1) is 0 Å². The van der Waals surface area contributed by atoms with Crippen LogP contribution in [0.3, 0.4) is 0 Å². The van der Waals surface area contributed by atoms with E-state index in [1.807, 2.05) is 44.2 Å². The van der Waals surface area contributed by atoms with Crippen LogP contribution < -0.4 is 9.47 Å². The van der Waals surface area contributed by atoms with Crippen molar-refractivity contribution in [3.05, 3.63) is 143 Å². The van der Waals surface area contributed by atoms with Gasteiger partial charge in [0, 0.05) is 34.2 Å². The summed E-state index contributed by atoms with van der Waals surface area (Å²) in [5.41, 5.74) is 7.14. The van der Waals surface area contributed by atoms with Gasteiger partial charge in [0.15, 0.2) is 0 Å². The Balaban J connectivity index is 0.000000582. The lowest BCUT2D eigenvalue weighted by Crippen LogP contribution is -2.16. The van der Waals surface area contributed by atoms with Gasteiger partial charge in [-0.1, -0.05) is 170 Å². The molecule has 0 aromatic heterocycles. The van der Waals surface area contributed by atoms with Crippen molar-refractivity contribution in [2.75, 3.05) is 13.2 Å². The first-order valence-electron chi connectivity index (χ1n) is 23.0. The highest BCUT2D eigenvalue weighted by atomic mass is 19.1. The van der Waals surface area contributed by atoms with E-state index in [1.54, 1.807) is 37.3 Å². The molecule has 0 spiro atoms. The Hall–Kier alpha value is -5.36. The van der Waals surface area contributed by atoms with Crippen LogP contribution in [0.1, 0.15) is 133 Å². The molecule has 0 bridgehead atoms. The third-order valence-corrected chi connectivity index (χ3v) is 10.7. The first kappa shape index (κ1) is 53.0. The maximum atomic E-state index is 15.3. The van der Waals surface area contributed by atoms with Crippen LogP contribution in [0.25, 0.3) is 33.4 Å². The third kappa shape index (κ3) is 15.1. The zero-order valence-corrected chi connectivity index (χ0v) is 41.5. The quantitative estimate of drug-likeness (QED) is 0.0914. The number of allylic oxidation sites excluding steroid dienone is 4. The van der Waals surface area contributed by atoms with Gasteiger partial charge in [-0.05, 0) is 106 Å². The molecular weight excluding hydrogens is 799 g/mol. The lowest BCUT2D eigenvalue weighted by atomic mass is 9.78. The van der Waals surface area contributed by atoms with Crippen molar-refractivity contribution in [3.63, 3.8) is 0 Å². The Morgan fingerprint density at radius 1 is 0.625 bits per heavy atom. The highest BCUT2D eigenvalue weighted by Gasteiger charge is 2.24. The van der Waals surface area contributed by atoms with E-state index < -0.39 is 11.6 Å². The van der Waals surface area contributed by atoms with E-state index in [9.17, 15) is 14.6 Å². The molecule has 6 heteroatoms. The number of benzene rings is 5. The number of para-hydroxylation sites is 2. The summed E-state index contributed by atoms with van der Waals surface area (Å²) in [4.78, 5) is 0. The summed E-state index contributed by atoms with van der Waals surface area (Å²) in [6.07, 6.45) is 9.72. The van der Waals surface area contributed by atoms with Gasteiger partial charge in [0.2, 0.25) is 0 Å². The lowest BCUT2D eigenvalue weighted by Gasteiger charge is -2.26. The zero-order valence-electron chi connectivity index (χ0n) is 41.5. The van der Waals surface area contributed by atoms with Crippen LogP contribution in [0, 0.1) is 29.9 Å². The van der Waals surface area contributed by atoms with Crippen LogP contribution in [0.15, 0.2) is 115 Å². The van der Waals surface area contributed by atoms with Crippen LogP contribution in [-0.2, 0) is 10.8 Å². The fourth-order valence-electron chi connectivity index (χ4n) is 6.90. The molecule has 0 fully saturated rings. The van der Waals surface area contributed by atoms with Gasteiger partial charge < -0.3 is 19.7 Å². The lowest BCUT2D eigenvalue weighted by molar-refractivity contribution is 0.248. The Morgan fingerprint density at radius 2 is 1.08 bits per heavy atom. The van der Waals surface area contributed by atoms with E-state index in [4.69, 9.17) is 9.47 Å².